The predicted octanol–water partition coefficient (Wildman–Crippen LogP) is 6.20. The third-order valence-corrected chi connectivity index (χ3v) is 5.09. The second kappa shape index (κ2) is 7.37. The number of carbonyl (C=O) groups excluding carboxylic acids is 1. The summed E-state index contributed by atoms with van der Waals surface area (Å²) in [5.41, 5.74) is 5.30. The number of carbonyl (C=O) groups is 1. The largest absolute Gasteiger partial charge is 0.322 e. The van der Waals surface area contributed by atoms with Crippen LogP contribution in [0.2, 0.25) is 5.02 Å². The van der Waals surface area contributed by atoms with Crippen LogP contribution in [-0.4, -0.2) is 15.3 Å². The van der Waals surface area contributed by atoms with E-state index in [2.05, 4.69) is 31.1 Å². The van der Waals surface area contributed by atoms with Crippen molar-refractivity contribution in [3.63, 3.8) is 0 Å². The minimum Gasteiger partial charge on any atom is -0.322 e. The Bertz CT molecular complexity index is 1170. The molecule has 1 amide bonds. The topological polar surface area (TPSA) is 46.4 Å². The number of hydrogen-bond acceptors (Lipinski definition) is 2. The lowest BCUT2D eigenvalue weighted by Gasteiger charge is -2.19. The summed E-state index contributed by atoms with van der Waals surface area (Å²) < 4.78 is 1.90. The Kier molecular flexibility index (Phi) is 4.89. The Hall–Kier alpha value is -3.11. The fourth-order valence-electron chi connectivity index (χ4n) is 3.15. The van der Waals surface area contributed by atoms with Gasteiger partial charge in [0.1, 0.15) is 5.65 Å². The summed E-state index contributed by atoms with van der Waals surface area (Å²) in [6.07, 6.45) is 3.76. The first-order valence-corrected chi connectivity index (χ1v) is 9.84. The van der Waals surface area contributed by atoms with Crippen LogP contribution in [0.3, 0.4) is 0 Å². The molecule has 0 bridgehead atoms. The van der Waals surface area contributed by atoms with E-state index in [1.54, 1.807) is 0 Å². The summed E-state index contributed by atoms with van der Waals surface area (Å²) >= 11 is 6.04. The van der Waals surface area contributed by atoms with Crippen molar-refractivity contribution in [1.82, 2.24) is 9.38 Å². The first kappa shape index (κ1) is 19.2. The zero-order chi connectivity index (χ0) is 20.6. The van der Waals surface area contributed by atoms with Crippen molar-refractivity contribution < 1.29 is 4.79 Å². The average molecular weight is 404 g/mol. The number of benzene rings is 2. The van der Waals surface area contributed by atoms with E-state index >= 15 is 0 Å². The van der Waals surface area contributed by atoms with Crippen molar-refractivity contribution in [2.24, 2.45) is 0 Å². The molecule has 0 radical (unpaired) electrons. The van der Waals surface area contributed by atoms with Crippen LogP contribution in [0.15, 0.2) is 73.1 Å². The van der Waals surface area contributed by atoms with Crippen LogP contribution in [0.4, 0.5) is 5.69 Å². The number of nitrogens with one attached hydrogen (secondary N) is 1. The van der Waals surface area contributed by atoms with Crippen LogP contribution >= 0.6 is 11.6 Å². The van der Waals surface area contributed by atoms with Gasteiger partial charge >= 0.3 is 0 Å². The fraction of sp³-hybridized carbons (Fsp3) is 0.167. The van der Waals surface area contributed by atoms with Gasteiger partial charge in [-0.25, -0.2) is 4.98 Å². The Labute approximate surface area is 175 Å². The molecule has 5 heteroatoms. The van der Waals surface area contributed by atoms with E-state index in [1.807, 2.05) is 77.5 Å². The Morgan fingerprint density at radius 3 is 2.28 bits per heavy atom. The van der Waals surface area contributed by atoms with E-state index in [-0.39, 0.29) is 11.3 Å². The molecule has 0 atom stereocenters. The molecule has 29 heavy (non-hydrogen) atoms. The standard InChI is InChI=1S/C24H22ClN3O/c1-24(2,3)18-8-4-17(5-9-18)23(29)26-20-11-6-16(7-12-20)21-15-28-14-19(25)10-13-22(28)27-21/h4-15H,1-3H3,(H,26,29). The third kappa shape index (κ3) is 4.17. The SMILES string of the molecule is CC(C)(C)c1ccc(C(=O)Nc2ccc(-c3cn4cc(Cl)ccc4n3)cc2)cc1. The van der Waals surface area contributed by atoms with Gasteiger partial charge in [0.15, 0.2) is 0 Å². The molecule has 146 valence electrons. The molecule has 0 spiro atoms. The summed E-state index contributed by atoms with van der Waals surface area (Å²) in [6, 6.07) is 19.1. The first-order chi connectivity index (χ1) is 13.8. The molecule has 0 fully saturated rings. The van der Waals surface area contributed by atoms with E-state index in [4.69, 9.17) is 11.6 Å². The number of aromatic nitrogens is 2. The normalized spacial score (nSPS) is 11.6. The number of nitrogens with zero attached hydrogens (tertiary/aromatic N) is 2. The first-order valence-electron chi connectivity index (χ1n) is 9.46. The Morgan fingerprint density at radius 1 is 0.931 bits per heavy atom. The van der Waals surface area contributed by atoms with Crippen LogP contribution in [-0.2, 0) is 5.41 Å². The van der Waals surface area contributed by atoms with Gasteiger partial charge in [0, 0.05) is 29.2 Å². The molecule has 4 aromatic rings. The highest BCUT2D eigenvalue weighted by molar-refractivity contribution is 6.30. The van der Waals surface area contributed by atoms with Gasteiger partial charge in [-0.1, -0.05) is 56.6 Å². The number of rotatable bonds is 3. The van der Waals surface area contributed by atoms with Gasteiger partial charge < -0.3 is 9.72 Å². The van der Waals surface area contributed by atoms with Crippen LogP contribution in [0.1, 0.15) is 36.7 Å². The van der Waals surface area contributed by atoms with Crippen molar-refractivity contribution in [3.8, 4) is 11.3 Å². The molecule has 1 N–H and O–H groups in total. The molecule has 2 aromatic heterocycles. The molecule has 4 rings (SSSR count). The number of amides is 1. The minimum absolute atomic E-state index is 0.0636. The third-order valence-electron chi connectivity index (χ3n) is 4.87. The lowest BCUT2D eigenvalue weighted by atomic mass is 9.87. The number of anilines is 1. The second-order valence-electron chi connectivity index (χ2n) is 8.10. The fourth-order valence-corrected chi connectivity index (χ4v) is 3.32. The van der Waals surface area contributed by atoms with Crippen molar-refractivity contribution in [3.05, 3.63) is 89.2 Å². The quantitative estimate of drug-likeness (QED) is 0.442. The van der Waals surface area contributed by atoms with Gasteiger partial charge in [0.25, 0.3) is 5.91 Å². The molecule has 0 aliphatic rings. The van der Waals surface area contributed by atoms with Crippen LogP contribution < -0.4 is 5.32 Å². The molecule has 0 saturated heterocycles. The summed E-state index contributed by atoms with van der Waals surface area (Å²) in [7, 11) is 0. The maximum absolute atomic E-state index is 12.5. The smallest absolute Gasteiger partial charge is 0.255 e. The van der Waals surface area contributed by atoms with Crippen molar-refractivity contribution >= 4 is 28.8 Å². The van der Waals surface area contributed by atoms with Gasteiger partial charge in [-0.05, 0) is 47.4 Å². The second-order valence-corrected chi connectivity index (χ2v) is 8.53. The van der Waals surface area contributed by atoms with Gasteiger partial charge in [-0.15, -0.1) is 0 Å². The molecule has 0 unspecified atom stereocenters. The minimum atomic E-state index is -0.124. The zero-order valence-corrected chi connectivity index (χ0v) is 17.4. The van der Waals surface area contributed by atoms with Crippen molar-refractivity contribution in [2.45, 2.75) is 26.2 Å². The maximum atomic E-state index is 12.5. The van der Waals surface area contributed by atoms with E-state index in [9.17, 15) is 4.79 Å². The van der Waals surface area contributed by atoms with Crippen molar-refractivity contribution in [1.29, 1.82) is 0 Å². The molecule has 0 saturated carbocycles. The molecule has 4 nitrogen and oxygen atoms in total. The van der Waals surface area contributed by atoms with E-state index < -0.39 is 0 Å². The molecule has 0 aliphatic heterocycles. The van der Waals surface area contributed by atoms with E-state index in [0.29, 0.717) is 10.6 Å². The van der Waals surface area contributed by atoms with E-state index in [0.717, 1.165) is 22.6 Å². The number of imidazole rings is 1. The number of hydrogen-bond donors (Lipinski definition) is 1. The van der Waals surface area contributed by atoms with Crippen molar-refractivity contribution in [2.75, 3.05) is 5.32 Å². The summed E-state index contributed by atoms with van der Waals surface area (Å²) in [5, 5.41) is 3.61. The summed E-state index contributed by atoms with van der Waals surface area (Å²) in [5.74, 6) is -0.124. The molecule has 2 aromatic carbocycles. The van der Waals surface area contributed by atoms with Gasteiger partial charge in [-0.2, -0.15) is 0 Å². The van der Waals surface area contributed by atoms with Crippen LogP contribution in [0.5, 0.6) is 0 Å². The highest BCUT2D eigenvalue weighted by Crippen LogP contribution is 2.24. The summed E-state index contributed by atoms with van der Waals surface area (Å²) in [4.78, 5) is 17.1. The predicted molar refractivity (Wildman–Crippen MR) is 119 cm³/mol. The lowest BCUT2D eigenvalue weighted by molar-refractivity contribution is 0.102. The maximum Gasteiger partial charge on any atom is 0.255 e. The van der Waals surface area contributed by atoms with E-state index in [1.165, 1.54) is 5.56 Å². The number of pyridine rings is 1. The van der Waals surface area contributed by atoms with Gasteiger partial charge in [0.05, 0.1) is 10.7 Å². The highest BCUT2D eigenvalue weighted by atomic mass is 35.5. The monoisotopic (exact) mass is 403 g/mol. The summed E-state index contributed by atoms with van der Waals surface area (Å²) in [6.45, 7) is 6.46. The van der Waals surface area contributed by atoms with Crippen LogP contribution in [0, 0.1) is 0 Å². The Morgan fingerprint density at radius 2 is 1.62 bits per heavy atom. The van der Waals surface area contributed by atoms with Gasteiger partial charge in [0.2, 0.25) is 0 Å². The highest BCUT2D eigenvalue weighted by Gasteiger charge is 2.14. The lowest BCUT2D eigenvalue weighted by Crippen LogP contribution is -2.14. The molecular formula is C24H22ClN3O. The average Bonchev–Trinajstić information content (AvgIpc) is 3.11. The molecular weight excluding hydrogens is 382 g/mol. The number of fused-ring (bicyclic) bond motifs is 1. The van der Waals surface area contributed by atoms with Crippen LogP contribution in [0.25, 0.3) is 16.9 Å². The Balaban J connectivity index is 1.49. The zero-order valence-electron chi connectivity index (χ0n) is 16.6. The number of halogens is 1. The molecule has 0 aliphatic carbocycles. The molecule has 2 heterocycles. The van der Waals surface area contributed by atoms with Gasteiger partial charge in [-0.3, -0.25) is 4.79 Å².